The third kappa shape index (κ3) is 1.33. The first-order valence-electron chi connectivity index (χ1n) is 6.08. The van der Waals surface area contributed by atoms with Gasteiger partial charge in [-0.25, -0.2) is 4.79 Å². The first-order valence-corrected chi connectivity index (χ1v) is 6.08. The Morgan fingerprint density at radius 3 is 2.31 bits per heavy atom. The maximum atomic E-state index is 12.0. The van der Waals surface area contributed by atoms with Crippen molar-refractivity contribution in [1.82, 2.24) is 0 Å². The van der Waals surface area contributed by atoms with Gasteiger partial charge in [-0.1, -0.05) is 27.7 Å². The van der Waals surface area contributed by atoms with Crippen LogP contribution < -0.4 is 0 Å². The van der Waals surface area contributed by atoms with Crippen LogP contribution in [-0.2, 0) is 14.3 Å². The van der Waals surface area contributed by atoms with Crippen LogP contribution in [0.2, 0.25) is 0 Å². The first-order chi connectivity index (χ1) is 7.30. The number of methoxy groups -OCH3 is 1. The average Bonchev–Trinajstić information content (AvgIpc) is 2.73. The second-order valence-electron chi connectivity index (χ2n) is 6.32. The van der Waals surface area contributed by atoms with Crippen molar-refractivity contribution in [3.63, 3.8) is 0 Å². The van der Waals surface area contributed by atoms with Crippen molar-refractivity contribution >= 4 is 5.97 Å². The molecule has 1 aliphatic carbocycles. The lowest BCUT2D eigenvalue weighted by Gasteiger charge is -2.20. The van der Waals surface area contributed by atoms with Gasteiger partial charge in [-0.3, -0.25) is 0 Å². The van der Waals surface area contributed by atoms with E-state index >= 15 is 0 Å². The molecule has 3 nitrogen and oxygen atoms in total. The summed E-state index contributed by atoms with van der Waals surface area (Å²) in [6, 6.07) is 0. The van der Waals surface area contributed by atoms with Crippen molar-refractivity contribution in [1.29, 1.82) is 0 Å². The summed E-state index contributed by atoms with van der Waals surface area (Å²) in [4.78, 5) is 12.0. The van der Waals surface area contributed by atoms with Gasteiger partial charge < -0.3 is 9.47 Å². The topological polar surface area (TPSA) is 38.8 Å². The van der Waals surface area contributed by atoms with E-state index in [-0.39, 0.29) is 22.9 Å². The molecule has 2 atom stereocenters. The molecular weight excluding hydrogens is 204 g/mol. The van der Waals surface area contributed by atoms with E-state index in [1.807, 2.05) is 13.8 Å². The van der Waals surface area contributed by atoms with E-state index in [1.54, 1.807) is 0 Å². The second-order valence-corrected chi connectivity index (χ2v) is 6.32. The maximum absolute atomic E-state index is 12.0. The number of carbonyl (C=O) groups is 1. The molecule has 2 fully saturated rings. The van der Waals surface area contributed by atoms with E-state index in [2.05, 4.69) is 13.8 Å². The van der Waals surface area contributed by atoms with Gasteiger partial charge in [0.15, 0.2) is 5.60 Å². The second kappa shape index (κ2) is 3.22. The average molecular weight is 226 g/mol. The van der Waals surface area contributed by atoms with Crippen LogP contribution in [0.3, 0.4) is 0 Å². The van der Waals surface area contributed by atoms with Gasteiger partial charge in [0.1, 0.15) is 5.60 Å². The first kappa shape index (κ1) is 11.9. The quantitative estimate of drug-likeness (QED) is 0.536. The molecule has 1 saturated carbocycles. The Morgan fingerprint density at radius 1 is 1.31 bits per heavy atom. The highest BCUT2D eigenvalue weighted by molar-refractivity contribution is 5.85. The third-order valence-corrected chi connectivity index (χ3v) is 4.26. The van der Waals surface area contributed by atoms with Gasteiger partial charge in [0.05, 0.1) is 7.11 Å². The number of esters is 1. The molecule has 1 heterocycles. The molecule has 2 aliphatic rings. The van der Waals surface area contributed by atoms with Crippen molar-refractivity contribution in [2.45, 2.75) is 58.2 Å². The number of hydrogen-bond acceptors (Lipinski definition) is 3. The molecule has 0 bridgehead atoms. The standard InChI is InChI=1S/C13H22O3/c1-9(2)13(10(14)15-5)12(16-13)7-6-11(3,4)8-12/h9H,6-8H2,1-5H3. The van der Waals surface area contributed by atoms with Crippen LogP contribution >= 0.6 is 0 Å². The lowest BCUT2D eigenvalue weighted by molar-refractivity contribution is -0.148. The van der Waals surface area contributed by atoms with E-state index in [1.165, 1.54) is 7.11 Å². The zero-order chi connectivity index (χ0) is 12.2. The fourth-order valence-corrected chi connectivity index (χ4v) is 3.44. The van der Waals surface area contributed by atoms with E-state index in [0.29, 0.717) is 0 Å². The highest BCUT2D eigenvalue weighted by Gasteiger charge is 2.78. The Balaban J connectivity index is 2.26. The largest absolute Gasteiger partial charge is 0.467 e. The highest BCUT2D eigenvalue weighted by Crippen LogP contribution is 2.65. The zero-order valence-corrected chi connectivity index (χ0v) is 10.9. The fourth-order valence-electron chi connectivity index (χ4n) is 3.44. The minimum atomic E-state index is -0.671. The zero-order valence-electron chi connectivity index (χ0n) is 10.9. The van der Waals surface area contributed by atoms with Crippen molar-refractivity contribution in [3.05, 3.63) is 0 Å². The van der Waals surface area contributed by atoms with Gasteiger partial charge in [0.25, 0.3) is 0 Å². The summed E-state index contributed by atoms with van der Waals surface area (Å²) in [6.45, 7) is 8.56. The summed E-state index contributed by atoms with van der Waals surface area (Å²) >= 11 is 0. The van der Waals surface area contributed by atoms with Crippen LogP contribution in [0, 0.1) is 11.3 Å². The minimum absolute atomic E-state index is 0.175. The van der Waals surface area contributed by atoms with Crippen LogP contribution in [0.15, 0.2) is 0 Å². The van der Waals surface area contributed by atoms with Crippen molar-refractivity contribution in [2.75, 3.05) is 7.11 Å². The summed E-state index contributed by atoms with van der Waals surface area (Å²) in [5.41, 5.74) is -0.627. The molecule has 0 aromatic rings. The van der Waals surface area contributed by atoms with Gasteiger partial charge >= 0.3 is 5.97 Å². The summed E-state index contributed by atoms with van der Waals surface area (Å²) in [5, 5.41) is 0. The summed E-state index contributed by atoms with van der Waals surface area (Å²) < 4.78 is 10.9. The molecule has 2 rings (SSSR count). The lowest BCUT2D eigenvalue weighted by atomic mass is 9.80. The molecule has 0 radical (unpaired) electrons. The van der Waals surface area contributed by atoms with Gasteiger partial charge in [-0.05, 0) is 30.6 Å². The van der Waals surface area contributed by atoms with Gasteiger partial charge in [-0.15, -0.1) is 0 Å². The predicted molar refractivity (Wildman–Crippen MR) is 61.0 cm³/mol. The molecule has 3 heteroatoms. The molecule has 92 valence electrons. The van der Waals surface area contributed by atoms with Crippen LogP contribution in [0.4, 0.5) is 0 Å². The molecule has 0 aromatic heterocycles. The third-order valence-electron chi connectivity index (χ3n) is 4.26. The Bertz CT molecular complexity index is 321. The number of rotatable bonds is 2. The summed E-state index contributed by atoms with van der Waals surface area (Å²) in [7, 11) is 1.45. The van der Waals surface area contributed by atoms with Crippen LogP contribution in [-0.4, -0.2) is 24.3 Å². The van der Waals surface area contributed by atoms with E-state index < -0.39 is 5.60 Å². The smallest absolute Gasteiger partial charge is 0.341 e. The molecule has 2 unspecified atom stereocenters. The monoisotopic (exact) mass is 226 g/mol. The van der Waals surface area contributed by atoms with Crippen LogP contribution in [0.1, 0.15) is 47.0 Å². The summed E-state index contributed by atoms with van der Waals surface area (Å²) in [6.07, 6.45) is 3.07. The SMILES string of the molecule is COC(=O)C1(C(C)C)OC12CCC(C)(C)C2. The molecule has 1 aliphatic heterocycles. The van der Waals surface area contributed by atoms with Crippen LogP contribution in [0.25, 0.3) is 0 Å². The van der Waals surface area contributed by atoms with Gasteiger partial charge in [0.2, 0.25) is 0 Å². The Hall–Kier alpha value is -0.570. The Labute approximate surface area is 97.5 Å². The molecule has 1 saturated heterocycles. The van der Waals surface area contributed by atoms with E-state index in [4.69, 9.17) is 9.47 Å². The minimum Gasteiger partial charge on any atom is -0.467 e. The van der Waals surface area contributed by atoms with Crippen molar-refractivity contribution in [3.8, 4) is 0 Å². The maximum Gasteiger partial charge on any atom is 0.341 e. The molecular formula is C13H22O3. The van der Waals surface area contributed by atoms with Crippen LogP contribution in [0.5, 0.6) is 0 Å². The summed E-state index contributed by atoms with van der Waals surface area (Å²) in [5.74, 6) is -0.0194. The number of carbonyl (C=O) groups excluding carboxylic acids is 1. The van der Waals surface area contributed by atoms with E-state index in [9.17, 15) is 4.79 Å². The van der Waals surface area contributed by atoms with Gasteiger partial charge in [0, 0.05) is 0 Å². The number of hydrogen-bond donors (Lipinski definition) is 0. The fraction of sp³-hybridized carbons (Fsp3) is 0.923. The van der Waals surface area contributed by atoms with Crippen molar-refractivity contribution < 1.29 is 14.3 Å². The number of ether oxygens (including phenoxy) is 2. The van der Waals surface area contributed by atoms with Gasteiger partial charge in [-0.2, -0.15) is 0 Å². The highest BCUT2D eigenvalue weighted by atomic mass is 16.7. The Kier molecular flexibility index (Phi) is 2.40. The number of epoxide rings is 1. The lowest BCUT2D eigenvalue weighted by Crippen LogP contribution is -2.39. The Morgan fingerprint density at radius 2 is 1.94 bits per heavy atom. The predicted octanol–water partition coefficient (Wildman–Crippen LogP) is 2.53. The molecule has 1 spiro atoms. The molecule has 0 amide bonds. The molecule has 0 N–H and O–H groups in total. The van der Waals surface area contributed by atoms with Crippen molar-refractivity contribution in [2.24, 2.45) is 11.3 Å². The molecule has 16 heavy (non-hydrogen) atoms. The molecule has 0 aromatic carbocycles. The van der Waals surface area contributed by atoms with E-state index in [0.717, 1.165) is 19.3 Å². The normalized spacial score (nSPS) is 40.4.